The standard InChI is InChI=1S/C25H38O4/c1-16(26)29-18-5-8-22(3)19-6-9-23(4)20(7-10-25(23)27-11-12-28-25)21(19,2)13-17-14-24(17,22)15-18/h17-20H,5-15H2,1-4H3/t17-,18+,19+,20+,21-,22-,23+,24?/m1/s1. The first-order valence-corrected chi connectivity index (χ1v) is 12.1. The average molecular weight is 403 g/mol. The SMILES string of the molecule is CC(=O)O[C@H]1CC[C@]2(C)[C@H]3CC[C@@]4(C)[C@@H](CCC45OCCO5)[C@]3(C)C[C@@H]3CC32C1. The lowest BCUT2D eigenvalue weighted by atomic mass is 9.39. The van der Waals surface area contributed by atoms with E-state index in [2.05, 4.69) is 20.8 Å². The summed E-state index contributed by atoms with van der Waals surface area (Å²) in [7, 11) is 0. The van der Waals surface area contributed by atoms with E-state index in [9.17, 15) is 4.79 Å². The number of hydrogen-bond acceptors (Lipinski definition) is 4. The van der Waals surface area contributed by atoms with Crippen molar-refractivity contribution < 1.29 is 19.0 Å². The van der Waals surface area contributed by atoms with Gasteiger partial charge in [0.05, 0.1) is 13.2 Å². The van der Waals surface area contributed by atoms with Gasteiger partial charge in [-0.3, -0.25) is 4.79 Å². The zero-order chi connectivity index (χ0) is 20.3. The zero-order valence-corrected chi connectivity index (χ0v) is 18.7. The highest BCUT2D eigenvalue weighted by Crippen LogP contribution is 2.84. The van der Waals surface area contributed by atoms with Crippen molar-refractivity contribution in [3.63, 3.8) is 0 Å². The number of hydrogen-bond donors (Lipinski definition) is 0. The van der Waals surface area contributed by atoms with E-state index in [1.807, 2.05) is 0 Å². The summed E-state index contributed by atoms with van der Waals surface area (Å²) in [6.07, 6.45) is 11.1. The summed E-state index contributed by atoms with van der Waals surface area (Å²) >= 11 is 0. The predicted octanol–water partition coefficient (Wildman–Crippen LogP) is 5.09. The second kappa shape index (κ2) is 5.59. The Morgan fingerprint density at radius 2 is 1.52 bits per heavy atom. The van der Waals surface area contributed by atoms with Gasteiger partial charge in [0, 0.05) is 18.8 Å². The van der Waals surface area contributed by atoms with Crippen LogP contribution in [0.2, 0.25) is 0 Å². The Hall–Kier alpha value is -0.610. The number of carbonyl (C=O) groups excluding carboxylic acids is 1. The molecule has 6 rings (SSSR count). The smallest absolute Gasteiger partial charge is 0.302 e. The van der Waals surface area contributed by atoms with Crippen LogP contribution in [0, 0.1) is 39.4 Å². The molecule has 6 fully saturated rings. The normalized spacial score (nSPS) is 56.8. The molecule has 5 aliphatic carbocycles. The van der Waals surface area contributed by atoms with Gasteiger partial charge < -0.3 is 14.2 Å². The minimum Gasteiger partial charge on any atom is -0.463 e. The fraction of sp³-hybridized carbons (Fsp3) is 0.960. The van der Waals surface area contributed by atoms with E-state index in [0.29, 0.717) is 22.2 Å². The van der Waals surface area contributed by atoms with Crippen LogP contribution in [0.25, 0.3) is 0 Å². The Bertz CT molecular complexity index is 743. The molecular weight excluding hydrogens is 364 g/mol. The molecule has 1 aliphatic heterocycles. The molecule has 2 spiro atoms. The molecule has 0 N–H and O–H groups in total. The van der Waals surface area contributed by atoms with Crippen LogP contribution < -0.4 is 0 Å². The van der Waals surface area contributed by atoms with Crippen molar-refractivity contribution >= 4 is 5.97 Å². The van der Waals surface area contributed by atoms with Crippen molar-refractivity contribution in [1.82, 2.24) is 0 Å². The van der Waals surface area contributed by atoms with Crippen molar-refractivity contribution in [2.45, 2.75) is 97.4 Å². The van der Waals surface area contributed by atoms with E-state index in [4.69, 9.17) is 14.2 Å². The molecular formula is C25H38O4. The Labute approximate surface area is 175 Å². The van der Waals surface area contributed by atoms with Crippen LogP contribution in [0.3, 0.4) is 0 Å². The van der Waals surface area contributed by atoms with Crippen LogP contribution >= 0.6 is 0 Å². The Balaban J connectivity index is 1.34. The molecule has 8 atom stereocenters. The number of fused-ring (bicyclic) bond motifs is 5. The van der Waals surface area contributed by atoms with E-state index in [1.54, 1.807) is 6.92 Å². The highest BCUT2D eigenvalue weighted by Gasteiger charge is 2.78. The molecule has 0 aromatic carbocycles. The lowest BCUT2D eigenvalue weighted by Crippen LogP contribution is -2.62. The molecule has 0 aromatic heterocycles. The van der Waals surface area contributed by atoms with E-state index in [-0.39, 0.29) is 23.3 Å². The van der Waals surface area contributed by atoms with Crippen molar-refractivity contribution in [1.29, 1.82) is 0 Å². The van der Waals surface area contributed by atoms with Gasteiger partial charge in [-0.05, 0) is 85.4 Å². The summed E-state index contributed by atoms with van der Waals surface area (Å²) < 4.78 is 18.4. The maximum Gasteiger partial charge on any atom is 0.302 e. The third kappa shape index (κ3) is 2.11. The third-order valence-electron chi connectivity index (χ3n) is 11.4. The fourth-order valence-corrected chi connectivity index (χ4v) is 10.3. The maximum absolute atomic E-state index is 11.6. The lowest BCUT2D eigenvalue weighted by molar-refractivity contribution is -0.263. The van der Waals surface area contributed by atoms with Crippen molar-refractivity contribution in [3.05, 3.63) is 0 Å². The molecule has 6 aliphatic rings. The maximum atomic E-state index is 11.6. The predicted molar refractivity (Wildman–Crippen MR) is 109 cm³/mol. The van der Waals surface area contributed by atoms with E-state index < -0.39 is 0 Å². The topological polar surface area (TPSA) is 44.8 Å². The molecule has 5 saturated carbocycles. The van der Waals surface area contributed by atoms with E-state index in [1.165, 1.54) is 38.5 Å². The van der Waals surface area contributed by atoms with Gasteiger partial charge in [-0.2, -0.15) is 0 Å². The summed E-state index contributed by atoms with van der Waals surface area (Å²) in [6.45, 7) is 10.9. The second-order valence-corrected chi connectivity index (χ2v) is 12.2. The molecule has 1 saturated heterocycles. The van der Waals surface area contributed by atoms with Crippen LogP contribution in [0.5, 0.6) is 0 Å². The molecule has 162 valence electrons. The van der Waals surface area contributed by atoms with Gasteiger partial charge in [0.25, 0.3) is 0 Å². The molecule has 1 heterocycles. The molecule has 29 heavy (non-hydrogen) atoms. The number of carbonyl (C=O) groups is 1. The van der Waals surface area contributed by atoms with Crippen LogP contribution in [0.15, 0.2) is 0 Å². The Morgan fingerprint density at radius 3 is 2.24 bits per heavy atom. The summed E-state index contributed by atoms with van der Waals surface area (Å²) in [5.74, 6) is 1.89. The minimum atomic E-state index is -0.308. The molecule has 4 nitrogen and oxygen atoms in total. The highest BCUT2D eigenvalue weighted by molar-refractivity contribution is 5.66. The van der Waals surface area contributed by atoms with Gasteiger partial charge in [-0.15, -0.1) is 0 Å². The average Bonchev–Trinajstić information content (AvgIpc) is 3.01. The van der Waals surface area contributed by atoms with Gasteiger partial charge in [-0.25, -0.2) is 0 Å². The van der Waals surface area contributed by atoms with Crippen molar-refractivity contribution in [3.8, 4) is 0 Å². The lowest BCUT2D eigenvalue weighted by Gasteiger charge is -2.66. The van der Waals surface area contributed by atoms with Gasteiger partial charge in [-0.1, -0.05) is 20.8 Å². The fourth-order valence-electron chi connectivity index (χ4n) is 10.3. The zero-order valence-electron chi connectivity index (χ0n) is 18.7. The quantitative estimate of drug-likeness (QED) is 0.573. The van der Waals surface area contributed by atoms with E-state index in [0.717, 1.165) is 44.3 Å². The third-order valence-corrected chi connectivity index (χ3v) is 11.4. The van der Waals surface area contributed by atoms with Crippen molar-refractivity contribution in [2.75, 3.05) is 13.2 Å². The molecule has 1 unspecified atom stereocenters. The Morgan fingerprint density at radius 1 is 0.862 bits per heavy atom. The molecule has 0 amide bonds. The van der Waals surface area contributed by atoms with Crippen molar-refractivity contribution in [2.24, 2.45) is 39.4 Å². The first-order valence-electron chi connectivity index (χ1n) is 12.1. The monoisotopic (exact) mass is 402 g/mol. The number of esters is 1. The summed E-state index contributed by atoms with van der Waals surface area (Å²) in [4.78, 5) is 11.6. The van der Waals surface area contributed by atoms with Crippen LogP contribution in [-0.2, 0) is 19.0 Å². The molecule has 0 aromatic rings. The van der Waals surface area contributed by atoms with Crippen LogP contribution in [0.1, 0.15) is 85.5 Å². The summed E-state index contributed by atoms with van der Waals surface area (Å²) in [6, 6.07) is 0. The number of rotatable bonds is 1. The largest absolute Gasteiger partial charge is 0.463 e. The summed E-state index contributed by atoms with van der Waals surface area (Å²) in [5.41, 5.74) is 1.38. The van der Waals surface area contributed by atoms with Gasteiger partial charge >= 0.3 is 5.97 Å². The molecule has 0 radical (unpaired) electrons. The number of ether oxygens (including phenoxy) is 3. The van der Waals surface area contributed by atoms with Gasteiger partial charge in [0.1, 0.15) is 6.10 Å². The van der Waals surface area contributed by atoms with E-state index >= 15 is 0 Å². The first-order chi connectivity index (χ1) is 13.7. The highest BCUT2D eigenvalue weighted by atomic mass is 16.7. The first kappa shape index (κ1) is 19.1. The van der Waals surface area contributed by atoms with Crippen LogP contribution in [0.4, 0.5) is 0 Å². The Kier molecular flexibility index (Phi) is 3.69. The van der Waals surface area contributed by atoms with Gasteiger partial charge in [0.15, 0.2) is 5.79 Å². The second-order valence-electron chi connectivity index (χ2n) is 12.2. The molecule has 0 bridgehead atoms. The minimum absolute atomic E-state index is 0.103. The molecule has 4 heteroatoms. The van der Waals surface area contributed by atoms with Crippen LogP contribution in [-0.4, -0.2) is 31.1 Å². The summed E-state index contributed by atoms with van der Waals surface area (Å²) in [5, 5.41) is 0. The van der Waals surface area contributed by atoms with Gasteiger partial charge in [0.2, 0.25) is 0 Å².